The number of hydrogen-bond acceptors (Lipinski definition) is 5. The molecule has 2 rings (SSSR count). The predicted molar refractivity (Wildman–Crippen MR) is 91.0 cm³/mol. The van der Waals surface area contributed by atoms with Crippen LogP contribution in [0.1, 0.15) is 36.9 Å². The molecule has 1 aromatic carbocycles. The summed E-state index contributed by atoms with van der Waals surface area (Å²) >= 11 is 3.47. The molecule has 1 aliphatic rings. The molecule has 1 aromatic rings. The van der Waals surface area contributed by atoms with E-state index < -0.39 is 18.1 Å². The van der Waals surface area contributed by atoms with Crippen molar-refractivity contribution in [3.8, 4) is 0 Å². The van der Waals surface area contributed by atoms with Crippen LogP contribution in [0.15, 0.2) is 28.9 Å². The molecule has 7 heteroatoms. The second-order valence-corrected chi connectivity index (χ2v) is 6.03. The molecular weight excluding hydrogens is 378 g/mol. The first kappa shape index (κ1) is 18.2. The van der Waals surface area contributed by atoms with Crippen LogP contribution in [0.3, 0.4) is 0 Å². The zero-order chi connectivity index (χ0) is 17.7. The Kier molecular flexibility index (Phi) is 6.14. The number of carbonyl (C=O) groups excluding carboxylic acids is 3. The van der Waals surface area contributed by atoms with Crippen molar-refractivity contribution in [3.63, 3.8) is 0 Å². The number of nitrogens with zero attached hydrogens (tertiary/aromatic N) is 1. The number of amides is 1. The zero-order valence-electron chi connectivity index (χ0n) is 13.5. The number of ketones is 1. The molecule has 6 nitrogen and oxygen atoms in total. The number of rotatable bonds is 5. The molecule has 0 aliphatic carbocycles. The van der Waals surface area contributed by atoms with Gasteiger partial charge in [-0.3, -0.25) is 14.5 Å². The number of hydrogen-bond donors (Lipinski definition) is 0. The van der Waals surface area contributed by atoms with E-state index in [9.17, 15) is 14.4 Å². The normalized spacial score (nSPS) is 15.6. The highest BCUT2D eigenvalue weighted by molar-refractivity contribution is 9.10. The van der Waals surface area contributed by atoms with Crippen LogP contribution in [0.2, 0.25) is 0 Å². The maximum absolute atomic E-state index is 12.2. The predicted octanol–water partition coefficient (Wildman–Crippen LogP) is 3.46. The number of halogens is 1. The van der Waals surface area contributed by atoms with Crippen LogP contribution in [0.25, 0.3) is 6.08 Å². The maximum atomic E-state index is 12.2. The molecule has 1 heterocycles. The van der Waals surface area contributed by atoms with Gasteiger partial charge in [0.1, 0.15) is 12.2 Å². The highest BCUT2D eigenvalue weighted by atomic mass is 79.9. The summed E-state index contributed by atoms with van der Waals surface area (Å²) in [4.78, 5) is 37.1. The van der Waals surface area contributed by atoms with E-state index in [-0.39, 0.29) is 25.2 Å². The van der Waals surface area contributed by atoms with Crippen molar-refractivity contribution < 1.29 is 23.9 Å². The van der Waals surface area contributed by atoms with Crippen molar-refractivity contribution in [1.82, 2.24) is 4.90 Å². The third-order valence-electron chi connectivity index (χ3n) is 3.64. The lowest BCUT2D eigenvalue weighted by Crippen LogP contribution is -2.34. The van der Waals surface area contributed by atoms with Gasteiger partial charge in [-0.2, -0.15) is 0 Å². The van der Waals surface area contributed by atoms with Gasteiger partial charge in [-0.25, -0.2) is 4.79 Å². The summed E-state index contributed by atoms with van der Waals surface area (Å²) in [5.41, 5.74) is 1.71. The molecule has 128 valence electrons. The van der Waals surface area contributed by atoms with Crippen LogP contribution < -0.4 is 0 Å². The molecule has 0 radical (unpaired) electrons. The fourth-order valence-corrected chi connectivity index (χ4v) is 3.11. The first-order chi connectivity index (χ1) is 11.5. The summed E-state index contributed by atoms with van der Waals surface area (Å²) in [7, 11) is 1.28. The Labute approximate surface area is 148 Å². The molecule has 0 saturated heterocycles. The van der Waals surface area contributed by atoms with Crippen LogP contribution in [-0.2, 0) is 19.1 Å². The molecule has 0 spiro atoms. The van der Waals surface area contributed by atoms with Gasteiger partial charge >= 0.3 is 12.1 Å². The molecule has 0 fully saturated rings. The van der Waals surface area contributed by atoms with Crippen molar-refractivity contribution >= 4 is 39.9 Å². The van der Waals surface area contributed by atoms with Crippen molar-refractivity contribution in [2.75, 3.05) is 13.7 Å². The molecule has 0 saturated carbocycles. The first-order valence-electron chi connectivity index (χ1n) is 7.48. The number of fused-ring (bicyclic) bond motifs is 1. The molecule has 0 bridgehead atoms. The summed E-state index contributed by atoms with van der Waals surface area (Å²) in [6.07, 6.45) is 2.49. The Bertz CT molecular complexity index is 686. The lowest BCUT2D eigenvalue weighted by Gasteiger charge is -2.32. The van der Waals surface area contributed by atoms with Gasteiger partial charge in [-0.1, -0.05) is 28.1 Å². The van der Waals surface area contributed by atoms with Crippen LogP contribution in [0.5, 0.6) is 0 Å². The minimum absolute atomic E-state index is 0.00169. The third kappa shape index (κ3) is 4.03. The van der Waals surface area contributed by atoms with Gasteiger partial charge in [0, 0.05) is 17.1 Å². The maximum Gasteiger partial charge on any atom is 0.414 e. The van der Waals surface area contributed by atoms with Crippen molar-refractivity contribution in [3.05, 3.63) is 40.0 Å². The van der Waals surface area contributed by atoms with E-state index in [0.29, 0.717) is 0 Å². The number of carbonyl (C=O) groups is 3. The van der Waals surface area contributed by atoms with E-state index in [2.05, 4.69) is 15.9 Å². The number of esters is 1. The van der Waals surface area contributed by atoms with Gasteiger partial charge < -0.3 is 9.47 Å². The summed E-state index contributed by atoms with van der Waals surface area (Å²) in [6.45, 7) is 1.91. The van der Waals surface area contributed by atoms with E-state index in [1.54, 1.807) is 19.2 Å². The number of methoxy groups -OCH3 is 1. The molecule has 0 aromatic heterocycles. The van der Waals surface area contributed by atoms with Gasteiger partial charge in [-0.15, -0.1) is 0 Å². The molecule has 1 amide bonds. The molecule has 1 atom stereocenters. The Balaban J connectivity index is 2.27. The van der Waals surface area contributed by atoms with Crippen LogP contribution >= 0.6 is 15.9 Å². The summed E-state index contributed by atoms with van der Waals surface area (Å²) in [5, 5.41) is 0. The van der Waals surface area contributed by atoms with Crippen molar-refractivity contribution in [2.24, 2.45) is 0 Å². The fourth-order valence-electron chi connectivity index (χ4n) is 2.59. The van der Waals surface area contributed by atoms with Crippen molar-refractivity contribution in [2.45, 2.75) is 25.8 Å². The molecular formula is C17H18BrNO5. The van der Waals surface area contributed by atoms with E-state index in [1.165, 1.54) is 12.0 Å². The molecule has 24 heavy (non-hydrogen) atoms. The van der Waals surface area contributed by atoms with E-state index in [0.717, 1.165) is 15.6 Å². The molecule has 1 aliphatic heterocycles. The summed E-state index contributed by atoms with van der Waals surface area (Å²) in [5.74, 6) is -0.860. The minimum atomic E-state index is -0.564. The molecule has 0 N–H and O–H groups in total. The SMILES string of the molecule is CCOC(=O)CC(=O)CC1c2cccc(Br)c2C=CN1C(=O)OC. The molecule has 1 unspecified atom stereocenters. The van der Waals surface area contributed by atoms with Crippen molar-refractivity contribution in [1.29, 1.82) is 0 Å². The fraction of sp³-hybridized carbons (Fsp3) is 0.353. The zero-order valence-corrected chi connectivity index (χ0v) is 15.0. The number of Topliss-reactive ketones (excluding diaryl/α,β-unsaturated/α-hetero) is 1. The average molecular weight is 396 g/mol. The Hall–Kier alpha value is -2.15. The van der Waals surface area contributed by atoms with Crippen LogP contribution in [-0.4, -0.2) is 36.5 Å². The lowest BCUT2D eigenvalue weighted by atomic mass is 9.92. The van der Waals surface area contributed by atoms with Crippen LogP contribution in [0, 0.1) is 0 Å². The standard InChI is InChI=1S/C17H18BrNO5/c1-3-24-16(21)10-11(20)9-15-13-5-4-6-14(18)12(13)7-8-19(15)17(22)23-2/h4-8,15H,3,9-10H2,1-2H3. The van der Waals surface area contributed by atoms with E-state index in [4.69, 9.17) is 9.47 Å². The smallest absolute Gasteiger partial charge is 0.414 e. The summed E-state index contributed by atoms with van der Waals surface area (Å²) < 4.78 is 10.5. The van der Waals surface area contributed by atoms with E-state index in [1.807, 2.05) is 18.2 Å². The minimum Gasteiger partial charge on any atom is -0.466 e. The van der Waals surface area contributed by atoms with Crippen LogP contribution in [0.4, 0.5) is 4.79 Å². The van der Waals surface area contributed by atoms with Gasteiger partial charge in [0.25, 0.3) is 0 Å². The third-order valence-corrected chi connectivity index (χ3v) is 4.33. The second kappa shape index (κ2) is 8.10. The Morgan fingerprint density at radius 1 is 1.29 bits per heavy atom. The highest BCUT2D eigenvalue weighted by Gasteiger charge is 2.31. The largest absolute Gasteiger partial charge is 0.466 e. The second-order valence-electron chi connectivity index (χ2n) is 5.18. The van der Waals surface area contributed by atoms with E-state index >= 15 is 0 Å². The first-order valence-corrected chi connectivity index (χ1v) is 8.27. The number of benzene rings is 1. The highest BCUT2D eigenvalue weighted by Crippen LogP contribution is 2.37. The Morgan fingerprint density at radius 3 is 2.71 bits per heavy atom. The van der Waals surface area contributed by atoms with Gasteiger partial charge in [0.15, 0.2) is 0 Å². The monoisotopic (exact) mass is 395 g/mol. The summed E-state index contributed by atoms with van der Waals surface area (Å²) in [6, 6.07) is 5.04. The van der Waals surface area contributed by atoms with Gasteiger partial charge in [0.05, 0.1) is 19.8 Å². The number of ether oxygens (including phenoxy) is 2. The average Bonchev–Trinajstić information content (AvgIpc) is 2.55. The lowest BCUT2D eigenvalue weighted by molar-refractivity contribution is -0.145. The topological polar surface area (TPSA) is 72.9 Å². The van der Waals surface area contributed by atoms with Gasteiger partial charge in [-0.05, 0) is 30.2 Å². The Morgan fingerprint density at radius 2 is 2.04 bits per heavy atom. The van der Waals surface area contributed by atoms with Gasteiger partial charge in [0.2, 0.25) is 0 Å². The quantitative estimate of drug-likeness (QED) is 0.563.